The lowest BCUT2D eigenvalue weighted by Gasteiger charge is -2.23. The molecule has 2 aliphatic rings. The van der Waals surface area contributed by atoms with Crippen molar-refractivity contribution in [1.82, 2.24) is 10.2 Å². The summed E-state index contributed by atoms with van der Waals surface area (Å²) in [7, 11) is 0. The fourth-order valence-corrected chi connectivity index (χ4v) is 3.50. The van der Waals surface area contributed by atoms with E-state index in [1.165, 1.54) is 6.07 Å². The van der Waals surface area contributed by atoms with Crippen LogP contribution in [0.25, 0.3) is 0 Å². The number of carbonyl (C=O) groups excluding carboxylic acids is 1. The quantitative estimate of drug-likeness (QED) is 0.833. The van der Waals surface area contributed by atoms with Crippen LogP contribution in [0.1, 0.15) is 37.7 Å². The van der Waals surface area contributed by atoms with E-state index in [9.17, 15) is 9.18 Å². The Morgan fingerprint density at radius 1 is 1.36 bits per heavy atom. The van der Waals surface area contributed by atoms with E-state index in [2.05, 4.69) is 21.2 Å². The average Bonchev–Trinajstić information content (AvgIpc) is 3.21. The van der Waals surface area contributed by atoms with E-state index < -0.39 is 0 Å². The molecule has 1 unspecified atom stereocenters. The van der Waals surface area contributed by atoms with Crippen molar-refractivity contribution in [2.24, 2.45) is 5.92 Å². The van der Waals surface area contributed by atoms with Crippen LogP contribution >= 0.6 is 15.9 Å². The summed E-state index contributed by atoms with van der Waals surface area (Å²) in [5.41, 5.74) is 0.595. The van der Waals surface area contributed by atoms with Gasteiger partial charge < -0.3 is 10.2 Å². The molecule has 1 saturated heterocycles. The van der Waals surface area contributed by atoms with Crippen LogP contribution < -0.4 is 5.32 Å². The Bertz CT molecular complexity index is 541. The highest BCUT2D eigenvalue weighted by Crippen LogP contribution is 2.30. The number of carbonyl (C=O) groups is 1. The molecule has 1 atom stereocenters. The highest BCUT2D eigenvalue weighted by atomic mass is 79.9. The molecule has 1 aliphatic heterocycles. The molecule has 1 aliphatic carbocycles. The number of halogens is 2. The monoisotopic (exact) mass is 368 g/mol. The molecule has 1 heterocycles. The lowest BCUT2D eigenvalue weighted by atomic mass is 10.0. The zero-order valence-electron chi connectivity index (χ0n) is 12.7. The second-order valence-corrected chi connectivity index (χ2v) is 7.30. The molecule has 2 fully saturated rings. The zero-order valence-corrected chi connectivity index (χ0v) is 14.2. The normalized spacial score (nSPS) is 21.1. The van der Waals surface area contributed by atoms with E-state index in [0.29, 0.717) is 30.5 Å². The molecule has 3 nitrogen and oxygen atoms in total. The minimum Gasteiger partial charge on any atom is -0.335 e. The summed E-state index contributed by atoms with van der Waals surface area (Å²) in [6, 6.07) is 5.24. The van der Waals surface area contributed by atoms with Crippen LogP contribution in [0.15, 0.2) is 22.7 Å². The fraction of sp³-hybridized carbons (Fsp3) is 0.588. The zero-order chi connectivity index (χ0) is 15.5. The van der Waals surface area contributed by atoms with Crippen molar-refractivity contribution in [2.45, 2.75) is 44.7 Å². The van der Waals surface area contributed by atoms with Crippen molar-refractivity contribution >= 4 is 21.8 Å². The third kappa shape index (κ3) is 4.07. The number of benzene rings is 1. The third-order valence-electron chi connectivity index (χ3n) is 4.59. The summed E-state index contributed by atoms with van der Waals surface area (Å²) >= 11 is 3.37. The number of amides is 1. The minimum absolute atomic E-state index is 0.175. The molecule has 22 heavy (non-hydrogen) atoms. The van der Waals surface area contributed by atoms with Crippen LogP contribution in [0, 0.1) is 11.7 Å². The second-order valence-electron chi connectivity index (χ2n) is 6.39. The third-order valence-corrected chi connectivity index (χ3v) is 5.08. The summed E-state index contributed by atoms with van der Waals surface area (Å²) in [6.07, 6.45) is 4.78. The Morgan fingerprint density at radius 2 is 2.18 bits per heavy atom. The van der Waals surface area contributed by atoms with E-state index in [-0.39, 0.29) is 11.7 Å². The van der Waals surface area contributed by atoms with Crippen molar-refractivity contribution in [2.75, 3.05) is 13.1 Å². The molecule has 0 bridgehead atoms. The summed E-state index contributed by atoms with van der Waals surface area (Å²) in [5.74, 6) is 0.558. The van der Waals surface area contributed by atoms with Gasteiger partial charge in [0.1, 0.15) is 5.82 Å². The maximum absolute atomic E-state index is 13.9. The number of rotatable bonds is 6. The lowest BCUT2D eigenvalue weighted by Crippen LogP contribution is -2.33. The summed E-state index contributed by atoms with van der Waals surface area (Å²) in [6.45, 7) is 2.48. The number of hydrogen-bond acceptors (Lipinski definition) is 2. The van der Waals surface area contributed by atoms with Crippen LogP contribution in [-0.2, 0) is 11.3 Å². The molecule has 1 saturated carbocycles. The van der Waals surface area contributed by atoms with E-state index in [4.69, 9.17) is 0 Å². The molecule has 1 amide bonds. The number of nitrogens with one attached hydrogen (secondary N) is 1. The van der Waals surface area contributed by atoms with E-state index in [1.54, 1.807) is 12.1 Å². The largest absolute Gasteiger partial charge is 0.335 e. The first-order valence-corrected chi connectivity index (χ1v) is 8.87. The van der Waals surface area contributed by atoms with Gasteiger partial charge in [-0.25, -0.2) is 4.39 Å². The van der Waals surface area contributed by atoms with Gasteiger partial charge in [0, 0.05) is 29.0 Å². The summed E-state index contributed by atoms with van der Waals surface area (Å²) in [4.78, 5) is 14.4. The van der Waals surface area contributed by atoms with E-state index >= 15 is 0 Å². The lowest BCUT2D eigenvalue weighted by molar-refractivity contribution is -0.132. The van der Waals surface area contributed by atoms with Gasteiger partial charge in [0.05, 0.1) is 0 Å². The SMILES string of the molecule is O=C(CCC1CCNC1)N(Cc1cc(Br)ccc1F)C1CC1. The van der Waals surface area contributed by atoms with Gasteiger partial charge in [-0.2, -0.15) is 0 Å². The van der Waals surface area contributed by atoms with Crippen molar-refractivity contribution in [1.29, 1.82) is 0 Å². The van der Waals surface area contributed by atoms with Crippen molar-refractivity contribution < 1.29 is 9.18 Å². The van der Waals surface area contributed by atoms with Gasteiger partial charge in [0.2, 0.25) is 5.91 Å². The molecule has 5 heteroatoms. The smallest absolute Gasteiger partial charge is 0.223 e. The Morgan fingerprint density at radius 3 is 2.86 bits per heavy atom. The molecule has 0 radical (unpaired) electrons. The first kappa shape index (κ1) is 15.9. The maximum Gasteiger partial charge on any atom is 0.223 e. The van der Waals surface area contributed by atoms with E-state index in [0.717, 1.165) is 43.2 Å². The predicted molar refractivity (Wildman–Crippen MR) is 87.9 cm³/mol. The van der Waals surface area contributed by atoms with Crippen molar-refractivity contribution in [3.05, 3.63) is 34.1 Å². The van der Waals surface area contributed by atoms with Gasteiger partial charge >= 0.3 is 0 Å². The molecule has 1 N–H and O–H groups in total. The molecule has 0 aromatic heterocycles. The molecular formula is C17H22BrFN2O. The average molecular weight is 369 g/mol. The van der Waals surface area contributed by atoms with Crippen LogP contribution in [0.4, 0.5) is 4.39 Å². The van der Waals surface area contributed by atoms with Gasteiger partial charge in [0.25, 0.3) is 0 Å². The first-order valence-electron chi connectivity index (χ1n) is 8.07. The Balaban J connectivity index is 1.61. The van der Waals surface area contributed by atoms with Gasteiger partial charge in [0.15, 0.2) is 0 Å². The molecule has 1 aromatic rings. The number of hydrogen-bond donors (Lipinski definition) is 1. The van der Waals surface area contributed by atoms with Crippen LogP contribution in [0.5, 0.6) is 0 Å². The topological polar surface area (TPSA) is 32.3 Å². The first-order chi connectivity index (χ1) is 10.6. The van der Waals surface area contributed by atoms with Crippen LogP contribution in [0.2, 0.25) is 0 Å². The molecule has 0 spiro atoms. The summed E-state index contributed by atoms with van der Waals surface area (Å²) in [5, 5.41) is 3.33. The van der Waals surface area contributed by atoms with Gasteiger partial charge in [-0.3, -0.25) is 4.79 Å². The van der Waals surface area contributed by atoms with Gasteiger partial charge in [-0.1, -0.05) is 15.9 Å². The fourth-order valence-electron chi connectivity index (χ4n) is 3.09. The van der Waals surface area contributed by atoms with Crippen LogP contribution in [-0.4, -0.2) is 29.9 Å². The molecule has 1 aromatic carbocycles. The second kappa shape index (κ2) is 7.09. The molecule has 3 rings (SSSR count). The highest BCUT2D eigenvalue weighted by Gasteiger charge is 2.33. The maximum atomic E-state index is 13.9. The van der Waals surface area contributed by atoms with Crippen molar-refractivity contribution in [3.8, 4) is 0 Å². The van der Waals surface area contributed by atoms with Gasteiger partial charge in [-0.15, -0.1) is 0 Å². The predicted octanol–water partition coefficient (Wildman–Crippen LogP) is 3.47. The minimum atomic E-state index is -0.235. The van der Waals surface area contributed by atoms with E-state index in [1.807, 2.05) is 4.90 Å². The number of nitrogens with zero attached hydrogens (tertiary/aromatic N) is 1. The summed E-state index contributed by atoms with van der Waals surface area (Å²) < 4.78 is 14.8. The molecule has 120 valence electrons. The standard InChI is InChI=1S/C17H22BrFN2O/c18-14-2-5-16(19)13(9-14)11-21(15-3-4-15)17(22)6-1-12-7-8-20-10-12/h2,5,9,12,15,20H,1,3-4,6-8,10-11H2. The van der Waals surface area contributed by atoms with Gasteiger partial charge in [-0.05, 0) is 62.9 Å². The Hall–Kier alpha value is -0.940. The highest BCUT2D eigenvalue weighted by molar-refractivity contribution is 9.10. The Kier molecular flexibility index (Phi) is 5.14. The van der Waals surface area contributed by atoms with Crippen LogP contribution in [0.3, 0.4) is 0 Å². The van der Waals surface area contributed by atoms with Crippen molar-refractivity contribution in [3.63, 3.8) is 0 Å². The Labute approximate surface area is 139 Å². The molecular weight excluding hydrogens is 347 g/mol.